The van der Waals surface area contributed by atoms with E-state index in [2.05, 4.69) is 37.1 Å². The first-order chi connectivity index (χ1) is 13.7. The summed E-state index contributed by atoms with van der Waals surface area (Å²) in [4.78, 5) is 19.5. The minimum atomic E-state index is 0.512. The van der Waals surface area contributed by atoms with Crippen LogP contribution in [0.4, 0.5) is 5.82 Å². The van der Waals surface area contributed by atoms with Crippen LogP contribution in [-0.2, 0) is 6.42 Å². The standard InChI is InChI=1S/C21H22N6O/c1-14-23-21(28-26-14)16-8-9-20(22-12-16)27-10-4-5-15(13-27)11-19-24-17-6-2-3-7-18(17)25-19/h2-3,6-9,12,15H,4-5,10-11,13H2,1H3,(H,24,25)/t15-/m1/s1. The highest BCUT2D eigenvalue weighted by Gasteiger charge is 2.22. The number of aromatic nitrogens is 5. The van der Waals surface area contributed by atoms with Gasteiger partial charge in [-0.1, -0.05) is 17.3 Å². The number of nitrogens with one attached hydrogen (secondary N) is 1. The van der Waals surface area contributed by atoms with E-state index < -0.39 is 0 Å². The third-order valence-corrected chi connectivity index (χ3v) is 5.29. The summed E-state index contributed by atoms with van der Waals surface area (Å²) in [7, 11) is 0. The minimum Gasteiger partial charge on any atom is -0.356 e. The third-order valence-electron chi connectivity index (χ3n) is 5.29. The van der Waals surface area contributed by atoms with Gasteiger partial charge in [0.15, 0.2) is 5.82 Å². The monoisotopic (exact) mass is 374 g/mol. The maximum absolute atomic E-state index is 5.22. The molecule has 1 aromatic carbocycles. The summed E-state index contributed by atoms with van der Waals surface area (Å²) in [5.41, 5.74) is 3.00. The van der Waals surface area contributed by atoms with E-state index in [1.165, 1.54) is 6.42 Å². The number of pyridine rings is 1. The summed E-state index contributed by atoms with van der Waals surface area (Å²) in [6, 6.07) is 12.2. The van der Waals surface area contributed by atoms with Gasteiger partial charge in [-0.15, -0.1) is 0 Å². The van der Waals surface area contributed by atoms with Crippen LogP contribution in [0.15, 0.2) is 47.1 Å². The predicted molar refractivity (Wildman–Crippen MR) is 107 cm³/mol. The number of hydrogen-bond acceptors (Lipinski definition) is 6. The van der Waals surface area contributed by atoms with Gasteiger partial charge < -0.3 is 14.4 Å². The quantitative estimate of drug-likeness (QED) is 0.585. The minimum absolute atomic E-state index is 0.512. The molecule has 1 aliphatic heterocycles. The van der Waals surface area contributed by atoms with Crippen molar-refractivity contribution < 1.29 is 4.52 Å². The van der Waals surface area contributed by atoms with Crippen molar-refractivity contribution in [2.24, 2.45) is 5.92 Å². The van der Waals surface area contributed by atoms with E-state index in [9.17, 15) is 0 Å². The Kier molecular flexibility index (Phi) is 4.27. The van der Waals surface area contributed by atoms with Crippen LogP contribution in [0, 0.1) is 12.8 Å². The van der Waals surface area contributed by atoms with Gasteiger partial charge in [0.2, 0.25) is 0 Å². The van der Waals surface area contributed by atoms with Crippen molar-refractivity contribution in [2.45, 2.75) is 26.2 Å². The van der Waals surface area contributed by atoms with Crippen molar-refractivity contribution in [3.05, 3.63) is 54.2 Å². The number of H-pyrrole nitrogens is 1. The Morgan fingerprint density at radius 2 is 2.11 bits per heavy atom. The lowest BCUT2D eigenvalue weighted by Crippen LogP contribution is -2.36. The second kappa shape index (κ2) is 7.07. The fourth-order valence-electron chi connectivity index (χ4n) is 3.93. The molecule has 28 heavy (non-hydrogen) atoms. The Labute approximate surface area is 162 Å². The van der Waals surface area contributed by atoms with Crippen molar-refractivity contribution >= 4 is 16.9 Å². The number of aromatic amines is 1. The lowest BCUT2D eigenvalue weighted by atomic mass is 9.94. The second-order valence-electron chi connectivity index (χ2n) is 7.41. The molecule has 1 atom stereocenters. The van der Waals surface area contributed by atoms with Crippen LogP contribution in [-0.4, -0.2) is 38.2 Å². The molecule has 0 saturated carbocycles. The summed E-state index contributed by atoms with van der Waals surface area (Å²) in [5.74, 6) is 3.77. The zero-order chi connectivity index (χ0) is 18.9. The topological polar surface area (TPSA) is 83.7 Å². The van der Waals surface area contributed by atoms with Gasteiger partial charge in [-0.2, -0.15) is 4.98 Å². The Morgan fingerprint density at radius 1 is 1.18 bits per heavy atom. The highest BCUT2D eigenvalue weighted by atomic mass is 16.5. The number of piperidine rings is 1. The molecule has 0 bridgehead atoms. The molecule has 0 spiro atoms. The van der Waals surface area contributed by atoms with Crippen LogP contribution in [0.3, 0.4) is 0 Å². The molecule has 3 aromatic heterocycles. The fraction of sp³-hybridized carbons (Fsp3) is 0.333. The molecule has 4 heterocycles. The van der Waals surface area contributed by atoms with E-state index in [1.54, 1.807) is 0 Å². The van der Waals surface area contributed by atoms with Gasteiger partial charge in [0, 0.05) is 25.7 Å². The number of anilines is 1. The largest absolute Gasteiger partial charge is 0.356 e. The summed E-state index contributed by atoms with van der Waals surface area (Å²) in [6.07, 6.45) is 5.15. The molecule has 1 aliphatic rings. The van der Waals surface area contributed by atoms with E-state index in [-0.39, 0.29) is 0 Å². The number of nitrogens with zero attached hydrogens (tertiary/aromatic N) is 5. The Hall–Kier alpha value is -3.22. The van der Waals surface area contributed by atoms with E-state index in [1.807, 2.05) is 37.4 Å². The predicted octanol–water partition coefficient (Wildman–Crippen LogP) is 3.78. The molecule has 0 amide bonds. The summed E-state index contributed by atoms with van der Waals surface area (Å²) < 4.78 is 5.22. The molecule has 142 valence electrons. The summed E-state index contributed by atoms with van der Waals surface area (Å²) >= 11 is 0. The van der Waals surface area contributed by atoms with Crippen LogP contribution in [0.5, 0.6) is 0 Å². The van der Waals surface area contributed by atoms with Gasteiger partial charge >= 0.3 is 0 Å². The smallest absolute Gasteiger partial charge is 0.259 e. The summed E-state index contributed by atoms with van der Waals surface area (Å²) in [6.45, 7) is 3.83. The molecular formula is C21H22N6O. The molecule has 1 N–H and O–H groups in total. The molecular weight excluding hydrogens is 352 g/mol. The number of aryl methyl sites for hydroxylation is 1. The van der Waals surface area contributed by atoms with Gasteiger partial charge in [0.05, 0.1) is 16.6 Å². The van der Waals surface area contributed by atoms with Crippen LogP contribution in [0.2, 0.25) is 0 Å². The average molecular weight is 374 g/mol. The molecule has 1 fully saturated rings. The van der Waals surface area contributed by atoms with Gasteiger partial charge in [-0.05, 0) is 49.9 Å². The SMILES string of the molecule is Cc1noc(-c2ccc(N3CCC[C@H](Cc4nc5ccccc5[nH]4)C3)nc2)n1. The van der Waals surface area contributed by atoms with Crippen molar-refractivity contribution in [3.8, 4) is 11.5 Å². The van der Waals surface area contributed by atoms with Crippen molar-refractivity contribution in [1.82, 2.24) is 25.1 Å². The molecule has 7 heteroatoms. The Balaban J connectivity index is 1.28. The number of benzene rings is 1. The Bertz CT molecular complexity index is 1050. The zero-order valence-electron chi connectivity index (χ0n) is 15.8. The molecule has 4 aromatic rings. The molecule has 5 rings (SSSR count). The first kappa shape index (κ1) is 16.9. The van der Waals surface area contributed by atoms with E-state index in [0.29, 0.717) is 17.6 Å². The number of rotatable bonds is 4. The van der Waals surface area contributed by atoms with Gasteiger partial charge in [0.25, 0.3) is 5.89 Å². The number of imidazole rings is 1. The number of hydrogen-bond donors (Lipinski definition) is 1. The maximum atomic E-state index is 5.22. The number of fused-ring (bicyclic) bond motifs is 1. The van der Waals surface area contributed by atoms with Crippen LogP contribution in [0.25, 0.3) is 22.5 Å². The van der Waals surface area contributed by atoms with E-state index in [0.717, 1.165) is 54.2 Å². The highest BCUT2D eigenvalue weighted by molar-refractivity contribution is 5.74. The van der Waals surface area contributed by atoms with Crippen LogP contribution < -0.4 is 4.90 Å². The lowest BCUT2D eigenvalue weighted by molar-refractivity contribution is 0.406. The van der Waals surface area contributed by atoms with Crippen LogP contribution >= 0.6 is 0 Å². The molecule has 7 nitrogen and oxygen atoms in total. The van der Waals surface area contributed by atoms with Crippen LogP contribution in [0.1, 0.15) is 24.5 Å². The first-order valence-electron chi connectivity index (χ1n) is 9.70. The van der Waals surface area contributed by atoms with Gasteiger partial charge in [0.1, 0.15) is 11.6 Å². The molecule has 1 saturated heterocycles. The van der Waals surface area contributed by atoms with Gasteiger partial charge in [-0.25, -0.2) is 9.97 Å². The lowest BCUT2D eigenvalue weighted by Gasteiger charge is -2.33. The Morgan fingerprint density at radius 3 is 2.89 bits per heavy atom. The van der Waals surface area contributed by atoms with Crippen molar-refractivity contribution in [3.63, 3.8) is 0 Å². The van der Waals surface area contributed by atoms with Crippen molar-refractivity contribution in [1.29, 1.82) is 0 Å². The molecule has 0 unspecified atom stereocenters. The third kappa shape index (κ3) is 3.35. The maximum Gasteiger partial charge on any atom is 0.259 e. The molecule has 0 radical (unpaired) electrons. The highest BCUT2D eigenvalue weighted by Crippen LogP contribution is 2.26. The number of para-hydroxylation sites is 2. The summed E-state index contributed by atoms with van der Waals surface area (Å²) in [5, 5.41) is 3.84. The normalized spacial score (nSPS) is 17.3. The van der Waals surface area contributed by atoms with E-state index in [4.69, 9.17) is 9.51 Å². The first-order valence-corrected chi connectivity index (χ1v) is 9.70. The molecule has 0 aliphatic carbocycles. The fourth-order valence-corrected chi connectivity index (χ4v) is 3.93. The van der Waals surface area contributed by atoms with Crippen molar-refractivity contribution in [2.75, 3.05) is 18.0 Å². The zero-order valence-corrected chi connectivity index (χ0v) is 15.8. The van der Waals surface area contributed by atoms with E-state index >= 15 is 0 Å². The van der Waals surface area contributed by atoms with Gasteiger partial charge in [-0.3, -0.25) is 0 Å². The average Bonchev–Trinajstić information content (AvgIpc) is 3.34. The second-order valence-corrected chi connectivity index (χ2v) is 7.41.